The Bertz CT molecular complexity index is 685. The van der Waals surface area contributed by atoms with Gasteiger partial charge < -0.3 is 24.8 Å². The minimum Gasteiger partial charge on any atom is -0.470 e. The van der Waals surface area contributed by atoms with Gasteiger partial charge in [-0.2, -0.15) is 4.98 Å². The van der Waals surface area contributed by atoms with Crippen molar-refractivity contribution in [2.45, 2.75) is 31.0 Å². The fraction of sp³-hybridized carbons (Fsp3) is 0.583. The molecular formula is C12H14F2N4O5. The monoisotopic (exact) mass is 332 g/mol. The van der Waals surface area contributed by atoms with Crippen molar-refractivity contribution in [2.75, 3.05) is 13.2 Å². The summed E-state index contributed by atoms with van der Waals surface area (Å²) in [6.45, 7) is -1.31. The third kappa shape index (κ3) is 2.83. The lowest BCUT2D eigenvalue weighted by molar-refractivity contribution is -0.0511. The molecule has 2 aromatic heterocycles. The minimum atomic E-state index is -2.66. The van der Waals surface area contributed by atoms with Gasteiger partial charge in [-0.25, -0.2) is 18.7 Å². The number of hydrogen-bond donors (Lipinski definition) is 3. The molecule has 1 aliphatic rings. The third-order valence-electron chi connectivity index (χ3n) is 3.46. The summed E-state index contributed by atoms with van der Waals surface area (Å²) >= 11 is 0. The quantitative estimate of drug-likeness (QED) is 0.643. The van der Waals surface area contributed by atoms with Crippen LogP contribution >= 0.6 is 0 Å². The maximum absolute atomic E-state index is 12.2. The first kappa shape index (κ1) is 15.9. The average Bonchev–Trinajstić information content (AvgIpc) is 3.08. The van der Waals surface area contributed by atoms with Crippen molar-refractivity contribution in [1.82, 2.24) is 19.5 Å². The van der Waals surface area contributed by atoms with Crippen molar-refractivity contribution < 1.29 is 33.6 Å². The van der Waals surface area contributed by atoms with Crippen molar-refractivity contribution in [3.05, 3.63) is 12.7 Å². The summed E-state index contributed by atoms with van der Waals surface area (Å²) in [5.41, 5.74) is 0.296. The Kier molecular flexibility index (Phi) is 4.35. The van der Waals surface area contributed by atoms with Crippen LogP contribution in [0.2, 0.25) is 0 Å². The SMILES string of the molecule is OC[C@H]1O[C@@H](n2cnc3c(OCC(F)F)ncnc32)[C@H](O)[C@@H]1O. The van der Waals surface area contributed by atoms with E-state index in [2.05, 4.69) is 15.0 Å². The van der Waals surface area contributed by atoms with Crippen LogP contribution in [0.5, 0.6) is 5.88 Å². The van der Waals surface area contributed by atoms with Crippen molar-refractivity contribution >= 4 is 11.2 Å². The molecule has 9 nitrogen and oxygen atoms in total. The van der Waals surface area contributed by atoms with Gasteiger partial charge in [-0.1, -0.05) is 0 Å². The van der Waals surface area contributed by atoms with Gasteiger partial charge in [-0.15, -0.1) is 0 Å². The second-order valence-electron chi connectivity index (χ2n) is 4.93. The summed E-state index contributed by atoms with van der Waals surface area (Å²) in [5, 5.41) is 28.9. The van der Waals surface area contributed by atoms with Gasteiger partial charge in [-0.3, -0.25) is 4.57 Å². The molecule has 1 fully saturated rings. The molecule has 0 bridgehead atoms. The Morgan fingerprint density at radius 1 is 1.26 bits per heavy atom. The number of ether oxygens (including phenoxy) is 2. The van der Waals surface area contributed by atoms with Crippen LogP contribution in [0.15, 0.2) is 12.7 Å². The topological polar surface area (TPSA) is 123 Å². The lowest BCUT2D eigenvalue weighted by atomic mass is 10.1. The molecule has 126 valence electrons. The highest BCUT2D eigenvalue weighted by Crippen LogP contribution is 2.32. The number of halogens is 2. The van der Waals surface area contributed by atoms with E-state index in [1.807, 2.05) is 0 Å². The fourth-order valence-electron chi connectivity index (χ4n) is 2.37. The number of alkyl halides is 2. The van der Waals surface area contributed by atoms with Crippen LogP contribution in [0.25, 0.3) is 11.2 Å². The number of imidazole rings is 1. The normalized spacial score (nSPS) is 27.9. The highest BCUT2D eigenvalue weighted by molar-refractivity contribution is 5.76. The first-order valence-corrected chi connectivity index (χ1v) is 6.74. The van der Waals surface area contributed by atoms with Crippen molar-refractivity contribution in [3.8, 4) is 5.88 Å². The van der Waals surface area contributed by atoms with Gasteiger partial charge in [0.2, 0.25) is 5.88 Å². The summed E-state index contributed by atoms with van der Waals surface area (Å²) in [7, 11) is 0. The molecule has 0 saturated carbocycles. The largest absolute Gasteiger partial charge is 0.470 e. The van der Waals surface area contributed by atoms with Crippen LogP contribution in [0.1, 0.15) is 6.23 Å². The van der Waals surface area contributed by atoms with Crippen LogP contribution < -0.4 is 4.74 Å². The van der Waals surface area contributed by atoms with E-state index in [0.717, 1.165) is 6.33 Å². The van der Waals surface area contributed by atoms with E-state index in [9.17, 15) is 19.0 Å². The summed E-state index contributed by atoms with van der Waals surface area (Å²) < 4.78 is 36.1. The standard InChI is InChI=1S/C12H14F2N4O5/c13-6(14)2-22-11-7-10(15-3-16-11)18(4-17-7)12-9(21)8(20)5(1-19)23-12/h3-6,8-9,12,19-21H,1-2H2/t5-,8-,9-,12-/m1/s1. The predicted octanol–water partition coefficient (Wildman–Crippen LogP) is -0.918. The summed E-state index contributed by atoms with van der Waals surface area (Å²) in [6.07, 6.45) is -4.89. The molecule has 3 rings (SSSR count). The van der Waals surface area contributed by atoms with E-state index in [0.29, 0.717) is 0 Å². The van der Waals surface area contributed by atoms with Crippen molar-refractivity contribution in [1.29, 1.82) is 0 Å². The minimum absolute atomic E-state index is 0.117. The second-order valence-corrected chi connectivity index (χ2v) is 4.93. The molecule has 3 heterocycles. The molecule has 0 radical (unpaired) electrons. The second kappa shape index (κ2) is 6.28. The van der Waals surface area contributed by atoms with E-state index in [4.69, 9.17) is 14.6 Å². The first-order chi connectivity index (χ1) is 11.0. The van der Waals surface area contributed by atoms with Gasteiger partial charge in [-0.05, 0) is 0 Å². The summed E-state index contributed by atoms with van der Waals surface area (Å²) in [4.78, 5) is 11.7. The van der Waals surface area contributed by atoms with Crippen LogP contribution in [0.3, 0.4) is 0 Å². The van der Waals surface area contributed by atoms with Crippen LogP contribution in [0, 0.1) is 0 Å². The Hall–Kier alpha value is -1.95. The van der Waals surface area contributed by atoms with Gasteiger partial charge in [0.05, 0.1) is 12.9 Å². The molecule has 0 spiro atoms. The molecule has 0 amide bonds. The molecule has 4 atom stereocenters. The van der Waals surface area contributed by atoms with Gasteiger partial charge in [0.25, 0.3) is 6.43 Å². The Morgan fingerprint density at radius 3 is 2.70 bits per heavy atom. The van der Waals surface area contributed by atoms with Crippen LogP contribution in [-0.2, 0) is 4.74 Å². The molecule has 11 heteroatoms. The molecule has 2 aromatic rings. The Morgan fingerprint density at radius 2 is 2.04 bits per heavy atom. The van der Waals surface area contributed by atoms with Crippen molar-refractivity contribution in [3.63, 3.8) is 0 Å². The van der Waals surface area contributed by atoms with Crippen molar-refractivity contribution in [2.24, 2.45) is 0 Å². The zero-order valence-corrected chi connectivity index (χ0v) is 11.7. The first-order valence-electron chi connectivity index (χ1n) is 6.74. The molecule has 1 saturated heterocycles. The molecule has 0 aliphatic carbocycles. The molecule has 3 N–H and O–H groups in total. The average molecular weight is 332 g/mol. The zero-order chi connectivity index (χ0) is 16.6. The third-order valence-corrected chi connectivity index (χ3v) is 3.46. The number of aromatic nitrogens is 4. The maximum atomic E-state index is 12.2. The number of nitrogens with zero attached hydrogens (tertiary/aromatic N) is 4. The maximum Gasteiger partial charge on any atom is 0.272 e. The van der Waals surface area contributed by atoms with Crippen LogP contribution in [-0.4, -0.2) is 72.8 Å². The molecular weight excluding hydrogens is 318 g/mol. The Labute approximate surface area is 128 Å². The van der Waals surface area contributed by atoms with Gasteiger partial charge in [0.15, 0.2) is 24.0 Å². The van der Waals surface area contributed by atoms with Gasteiger partial charge >= 0.3 is 0 Å². The number of fused-ring (bicyclic) bond motifs is 1. The van der Waals surface area contributed by atoms with Gasteiger partial charge in [0, 0.05) is 0 Å². The highest BCUT2D eigenvalue weighted by Gasteiger charge is 2.44. The zero-order valence-electron chi connectivity index (χ0n) is 11.7. The smallest absolute Gasteiger partial charge is 0.272 e. The van der Waals surface area contributed by atoms with Gasteiger partial charge in [0.1, 0.15) is 24.6 Å². The summed E-state index contributed by atoms with van der Waals surface area (Å²) in [5.74, 6) is -0.124. The lowest BCUT2D eigenvalue weighted by Crippen LogP contribution is -2.33. The van der Waals surface area contributed by atoms with E-state index >= 15 is 0 Å². The number of hydrogen-bond acceptors (Lipinski definition) is 8. The predicted molar refractivity (Wildman–Crippen MR) is 69.8 cm³/mol. The van der Waals surface area contributed by atoms with E-state index in [-0.39, 0.29) is 17.0 Å². The summed E-state index contributed by atoms with van der Waals surface area (Å²) in [6, 6.07) is 0. The fourth-order valence-corrected chi connectivity index (χ4v) is 2.37. The molecule has 1 aliphatic heterocycles. The number of aliphatic hydroxyl groups is 3. The lowest BCUT2D eigenvalue weighted by Gasteiger charge is -2.16. The molecule has 0 aromatic carbocycles. The Balaban J connectivity index is 1.93. The van der Waals surface area contributed by atoms with E-state index in [1.165, 1.54) is 10.9 Å². The number of aliphatic hydroxyl groups excluding tert-OH is 3. The number of rotatable bonds is 5. The highest BCUT2D eigenvalue weighted by atomic mass is 19.3. The molecule has 0 unspecified atom stereocenters. The van der Waals surface area contributed by atoms with E-state index in [1.54, 1.807) is 0 Å². The van der Waals surface area contributed by atoms with Crippen LogP contribution in [0.4, 0.5) is 8.78 Å². The molecule has 23 heavy (non-hydrogen) atoms. The van der Waals surface area contributed by atoms with E-state index < -0.39 is 44.2 Å².